The van der Waals surface area contributed by atoms with Crippen LogP contribution in [0.15, 0.2) is 29.7 Å². The lowest BCUT2D eigenvalue weighted by Gasteiger charge is -2.04. The predicted octanol–water partition coefficient (Wildman–Crippen LogP) is -0.378. The van der Waals surface area contributed by atoms with E-state index in [1.165, 1.54) is 12.3 Å². The molecule has 0 aromatic carbocycles. The molecular formula is C8H11N5O2S. The van der Waals surface area contributed by atoms with Crippen LogP contribution in [-0.4, -0.2) is 28.2 Å². The van der Waals surface area contributed by atoms with E-state index in [-0.39, 0.29) is 11.6 Å². The molecule has 0 aliphatic rings. The Hall–Kier alpha value is -1.67. The van der Waals surface area contributed by atoms with Gasteiger partial charge in [-0.25, -0.2) is 18.1 Å². The number of aromatic nitrogens is 4. The van der Waals surface area contributed by atoms with Crippen LogP contribution in [0.1, 0.15) is 5.82 Å². The average molecular weight is 241 g/mol. The molecule has 16 heavy (non-hydrogen) atoms. The number of sulfonamides is 1. The summed E-state index contributed by atoms with van der Waals surface area (Å²) in [5, 5.41) is 6.02. The maximum atomic E-state index is 11.7. The van der Waals surface area contributed by atoms with Crippen LogP contribution in [0, 0.1) is 0 Å². The summed E-state index contributed by atoms with van der Waals surface area (Å²) in [5.41, 5.74) is 0. The fourth-order valence-electron chi connectivity index (χ4n) is 1.20. The zero-order valence-electron chi connectivity index (χ0n) is 8.58. The molecule has 0 atom stereocenters. The first-order chi connectivity index (χ1) is 7.59. The van der Waals surface area contributed by atoms with Gasteiger partial charge in [-0.2, -0.15) is 5.10 Å². The van der Waals surface area contributed by atoms with E-state index in [2.05, 4.69) is 19.9 Å². The van der Waals surface area contributed by atoms with Crippen LogP contribution < -0.4 is 4.72 Å². The van der Waals surface area contributed by atoms with Crippen molar-refractivity contribution in [1.29, 1.82) is 0 Å². The van der Waals surface area contributed by atoms with Crippen LogP contribution in [0.5, 0.6) is 0 Å². The number of nitrogens with one attached hydrogen (secondary N) is 2. The number of aryl methyl sites for hydroxylation is 1. The normalized spacial score (nSPS) is 11.8. The molecule has 2 heterocycles. The van der Waals surface area contributed by atoms with Crippen LogP contribution in [-0.2, 0) is 23.6 Å². The van der Waals surface area contributed by atoms with Crippen LogP contribution in [0.2, 0.25) is 0 Å². The second-order valence-electron chi connectivity index (χ2n) is 3.20. The molecule has 0 aliphatic heterocycles. The van der Waals surface area contributed by atoms with E-state index in [9.17, 15) is 8.42 Å². The molecule has 2 N–H and O–H groups in total. The van der Waals surface area contributed by atoms with Crippen LogP contribution >= 0.6 is 0 Å². The lowest BCUT2D eigenvalue weighted by Crippen LogP contribution is -2.25. The standard InChI is InChI=1S/C8H11N5O2S/c1-13-5-4-9-7(13)6-11-16(14,15)8-2-3-10-12-8/h2-5,11H,6H2,1H3,(H,10,12). The summed E-state index contributed by atoms with van der Waals surface area (Å²) in [7, 11) is -1.73. The first-order valence-corrected chi connectivity index (χ1v) is 6.03. The highest BCUT2D eigenvalue weighted by Gasteiger charge is 2.15. The third-order valence-corrected chi connectivity index (χ3v) is 3.44. The summed E-state index contributed by atoms with van der Waals surface area (Å²) >= 11 is 0. The largest absolute Gasteiger partial charge is 0.337 e. The van der Waals surface area contributed by atoms with E-state index in [0.29, 0.717) is 5.82 Å². The molecule has 86 valence electrons. The lowest BCUT2D eigenvalue weighted by molar-refractivity contribution is 0.573. The maximum Gasteiger partial charge on any atom is 0.257 e. The Morgan fingerprint density at radius 2 is 2.31 bits per heavy atom. The summed E-state index contributed by atoms with van der Waals surface area (Å²) in [6.07, 6.45) is 4.75. The topological polar surface area (TPSA) is 92.7 Å². The van der Waals surface area contributed by atoms with Gasteiger partial charge in [0, 0.05) is 19.4 Å². The van der Waals surface area contributed by atoms with Crippen LogP contribution in [0.25, 0.3) is 0 Å². The monoisotopic (exact) mass is 241 g/mol. The van der Waals surface area contributed by atoms with Crippen molar-refractivity contribution in [2.45, 2.75) is 11.6 Å². The summed E-state index contributed by atoms with van der Waals surface area (Å²) in [6.45, 7) is 0.144. The van der Waals surface area contributed by atoms with Crippen molar-refractivity contribution in [1.82, 2.24) is 24.5 Å². The van der Waals surface area contributed by atoms with Gasteiger partial charge >= 0.3 is 0 Å². The van der Waals surface area contributed by atoms with Crippen molar-refractivity contribution >= 4 is 10.0 Å². The molecule has 0 bridgehead atoms. The summed E-state index contributed by atoms with van der Waals surface area (Å²) < 4.78 is 27.5. The first-order valence-electron chi connectivity index (χ1n) is 4.55. The number of rotatable bonds is 4. The van der Waals surface area contributed by atoms with Gasteiger partial charge in [-0.15, -0.1) is 0 Å². The quantitative estimate of drug-likeness (QED) is 0.763. The van der Waals surface area contributed by atoms with E-state index in [1.54, 1.807) is 24.0 Å². The van der Waals surface area contributed by atoms with Gasteiger partial charge in [0.1, 0.15) is 5.82 Å². The Kier molecular flexibility index (Phi) is 2.75. The summed E-state index contributed by atoms with van der Waals surface area (Å²) in [6, 6.07) is 1.39. The third-order valence-electron chi connectivity index (χ3n) is 2.11. The molecule has 0 saturated heterocycles. The minimum absolute atomic E-state index is 0.0432. The number of nitrogens with zero attached hydrogens (tertiary/aromatic N) is 3. The zero-order chi connectivity index (χ0) is 11.6. The van der Waals surface area contributed by atoms with Gasteiger partial charge < -0.3 is 4.57 Å². The first kappa shape index (κ1) is 10.8. The van der Waals surface area contributed by atoms with Gasteiger partial charge in [0.05, 0.1) is 12.7 Å². The smallest absolute Gasteiger partial charge is 0.257 e. The van der Waals surface area contributed by atoms with E-state index in [4.69, 9.17) is 0 Å². The predicted molar refractivity (Wildman–Crippen MR) is 55.8 cm³/mol. The van der Waals surface area contributed by atoms with E-state index in [0.717, 1.165) is 0 Å². The Bertz CT molecular complexity index is 557. The van der Waals surface area contributed by atoms with E-state index < -0.39 is 10.0 Å². The minimum Gasteiger partial charge on any atom is -0.337 e. The Morgan fingerprint density at radius 3 is 2.88 bits per heavy atom. The maximum absolute atomic E-state index is 11.7. The molecule has 7 nitrogen and oxygen atoms in total. The molecule has 0 saturated carbocycles. The van der Waals surface area contributed by atoms with Crippen molar-refractivity contribution in [3.05, 3.63) is 30.5 Å². The van der Waals surface area contributed by atoms with Gasteiger partial charge in [0.2, 0.25) is 0 Å². The SMILES string of the molecule is Cn1ccnc1CNS(=O)(=O)c1ccn[nH]1. The zero-order valence-corrected chi connectivity index (χ0v) is 9.40. The van der Waals surface area contributed by atoms with Crippen molar-refractivity contribution in [2.75, 3.05) is 0 Å². The molecule has 8 heteroatoms. The number of hydrogen-bond donors (Lipinski definition) is 2. The molecule has 0 spiro atoms. The van der Waals surface area contributed by atoms with E-state index >= 15 is 0 Å². The number of hydrogen-bond acceptors (Lipinski definition) is 4. The van der Waals surface area contributed by atoms with Gasteiger partial charge in [-0.3, -0.25) is 5.10 Å². The van der Waals surface area contributed by atoms with Gasteiger partial charge in [0.15, 0.2) is 5.03 Å². The number of H-pyrrole nitrogens is 1. The molecular weight excluding hydrogens is 230 g/mol. The molecule has 0 aliphatic carbocycles. The third kappa shape index (κ3) is 2.12. The number of aromatic amines is 1. The molecule has 2 rings (SSSR count). The fraction of sp³-hybridized carbons (Fsp3) is 0.250. The molecule has 2 aromatic heterocycles. The summed E-state index contributed by atoms with van der Waals surface area (Å²) in [5.74, 6) is 0.642. The van der Waals surface area contributed by atoms with Crippen molar-refractivity contribution in [3.63, 3.8) is 0 Å². The second-order valence-corrected chi connectivity index (χ2v) is 4.94. The highest BCUT2D eigenvalue weighted by Crippen LogP contribution is 2.03. The van der Waals surface area contributed by atoms with Gasteiger partial charge in [0.25, 0.3) is 10.0 Å². The Balaban J connectivity index is 2.09. The second kappa shape index (κ2) is 4.06. The summed E-state index contributed by atoms with van der Waals surface area (Å²) in [4.78, 5) is 4.01. The molecule has 0 fully saturated rings. The molecule has 2 aromatic rings. The van der Waals surface area contributed by atoms with E-state index in [1.807, 2.05) is 0 Å². The van der Waals surface area contributed by atoms with Crippen molar-refractivity contribution < 1.29 is 8.42 Å². The average Bonchev–Trinajstić information content (AvgIpc) is 2.85. The fourth-order valence-corrected chi connectivity index (χ4v) is 2.08. The molecule has 0 radical (unpaired) electrons. The molecule has 0 unspecified atom stereocenters. The lowest BCUT2D eigenvalue weighted by atomic mass is 10.6. The van der Waals surface area contributed by atoms with Crippen molar-refractivity contribution in [2.24, 2.45) is 7.05 Å². The van der Waals surface area contributed by atoms with Gasteiger partial charge in [-0.1, -0.05) is 0 Å². The highest BCUT2D eigenvalue weighted by atomic mass is 32.2. The highest BCUT2D eigenvalue weighted by molar-refractivity contribution is 7.89. The van der Waals surface area contributed by atoms with Gasteiger partial charge in [-0.05, 0) is 6.07 Å². The van der Waals surface area contributed by atoms with Crippen LogP contribution in [0.3, 0.4) is 0 Å². The Labute approximate surface area is 92.6 Å². The molecule has 0 amide bonds. The number of imidazole rings is 1. The van der Waals surface area contributed by atoms with Crippen molar-refractivity contribution in [3.8, 4) is 0 Å². The minimum atomic E-state index is -3.53. The Morgan fingerprint density at radius 1 is 1.50 bits per heavy atom. The van der Waals surface area contributed by atoms with Crippen LogP contribution in [0.4, 0.5) is 0 Å².